The van der Waals surface area contributed by atoms with Crippen LogP contribution in [-0.2, 0) is 0 Å². The molecule has 0 spiro atoms. The minimum atomic E-state index is -0.144. The first-order valence-corrected chi connectivity index (χ1v) is 8.31. The quantitative estimate of drug-likeness (QED) is 0.496. The fourth-order valence-electron chi connectivity index (χ4n) is 2.92. The maximum Gasteiger partial charge on any atom is 0.196 e. The van der Waals surface area contributed by atoms with Crippen molar-refractivity contribution < 1.29 is 14.3 Å². The molecule has 0 unspecified atom stereocenters. The van der Waals surface area contributed by atoms with E-state index in [1.54, 1.807) is 42.5 Å². The highest BCUT2D eigenvalue weighted by Crippen LogP contribution is 2.37. The van der Waals surface area contributed by atoms with E-state index in [1.807, 2.05) is 48.5 Å². The number of hydrogen-bond donors (Lipinski definition) is 1. The smallest absolute Gasteiger partial charge is 0.196 e. The third kappa shape index (κ3) is 2.91. The van der Waals surface area contributed by atoms with Gasteiger partial charge in [-0.15, -0.1) is 0 Å². The number of carbonyl (C=O) groups excluding carboxylic acids is 1. The van der Waals surface area contributed by atoms with Crippen LogP contribution in [0.2, 0.25) is 0 Å². The molecule has 3 aromatic carbocycles. The van der Waals surface area contributed by atoms with Crippen molar-refractivity contribution in [1.82, 2.24) is 0 Å². The predicted octanol–water partition coefficient (Wildman–Crippen LogP) is 5.55. The van der Waals surface area contributed by atoms with Gasteiger partial charge < -0.3 is 9.52 Å². The van der Waals surface area contributed by atoms with Gasteiger partial charge >= 0.3 is 0 Å². The summed E-state index contributed by atoms with van der Waals surface area (Å²) in [7, 11) is 0. The van der Waals surface area contributed by atoms with Crippen LogP contribution in [0.5, 0.6) is 5.75 Å². The minimum absolute atomic E-state index is 0.0728. The summed E-state index contributed by atoms with van der Waals surface area (Å²) >= 11 is 0. The minimum Gasteiger partial charge on any atom is -0.507 e. The number of ketones is 1. The molecule has 1 aromatic heterocycles. The van der Waals surface area contributed by atoms with Crippen molar-refractivity contribution in [3.05, 3.63) is 102 Å². The van der Waals surface area contributed by atoms with Crippen molar-refractivity contribution in [2.75, 3.05) is 0 Å². The van der Waals surface area contributed by atoms with Crippen LogP contribution in [0.1, 0.15) is 15.9 Å². The van der Waals surface area contributed by atoms with Crippen molar-refractivity contribution in [3.8, 4) is 28.4 Å². The van der Waals surface area contributed by atoms with Gasteiger partial charge in [-0.2, -0.15) is 0 Å². The maximum absolute atomic E-state index is 13.1. The lowest BCUT2D eigenvalue weighted by atomic mass is 9.99. The van der Waals surface area contributed by atoms with Crippen LogP contribution in [-0.4, -0.2) is 10.9 Å². The molecule has 0 radical (unpaired) electrons. The summed E-state index contributed by atoms with van der Waals surface area (Å²) in [6, 6.07) is 27.2. The van der Waals surface area contributed by atoms with Gasteiger partial charge in [-0.25, -0.2) is 0 Å². The second-order valence-corrected chi connectivity index (χ2v) is 5.93. The number of phenols is 1. The molecule has 0 aliphatic rings. The Morgan fingerprint density at radius 1 is 0.769 bits per heavy atom. The standard InChI is InChI=1S/C23H16O3/c24-20-14-8-7-13-18(20)23-19(22(25)17-11-5-2-6-12-17)15-21(26-23)16-9-3-1-4-10-16/h1-15,24H. The molecule has 0 aliphatic carbocycles. The molecule has 3 nitrogen and oxygen atoms in total. The van der Waals surface area contributed by atoms with Gasteiger partial charge in [-0.3, -0.25) is 4.79 Å². The Labute approximate surface area is 151 Å². The van der Waals surface area contributed by atoms with Gasteiger partial charge in [0.05, 0.1) is 11.1 Å². The summed E-state index contributed by atoms with van der Waals surface area (Å²) in [4.78, 5) is 13.1. The highest BCUT2D eigenvalue weighted by atomic mass is 16.3. The lowest BCUT2D eigenvalue weighted by Gasteiger charge is -2.04. The van der Waals surface area contributed by atoms with Crippen molar-refractivity contribution in [3.63, 3.8) is 0 Å². The van der Waals surface area contributed by atoms with E-state index >= 15 is 0 Å². The Balaban J connectivity index is 1.90. The average Bonchev–Trinajstić information content (AvgIpc) is 3.14. The molecule has 0 saturated heterocycles. The molecular weight excluding hydrogens is 324 g/mol. The molecule has 126 valence electrons. The number of aromatic hydroxyl groups is 1. The summed E-state index contributed by atoms with van der Waals surface area (Å²) in [6.45, 7) is 0. The Bertz CT molecular complexity index is 1050. The molecule has 0 amide bonds. The molecule has 1 heterocycles. The Kier molecular flexibility index (Phi) is 4.12. The van der Waals surface area contributed by atoms with E-state index in [0.717, 1.165) is 5.56 Å². The summed E-state index contributed by atoms with van der Waals surface area (Å²) in [5, 5.41) is 10.2. The van der Waals surface area contributed by atoms with E-state index in [-0.39, 0.29) is 11.5 Å². The number of carbonyl (C=O) groups is 1. The number of phenolic OH excluding ortho intramolecular Hbond substituents is 1. The molecule has 1 N–H and O–H groups in total. The second-order valence-electron chi connectivity index (χ2n) is 5.93. The van der Waals surface area contributed by atoms with Crippen LogP contribution in [0.15, 0.2) is 95.4 Å². The highest BCUT2D eigenvalue weighted by molar-refractivity contribution is 6.13. The van der Waals surface area contributed by atoms with Crippen LogP contribution < -0.4 is 0 Å². The SMILES string of the molecule is O=C(c1ccccc1)c1cc(-c2ccccc2)oc1-c1ccccc1O. The first-order chi connectivity index (χ1) is 12.7. The summed E-state index contributed by atoms with van der Waals surface area (Å²) in [5.41, 5.74) is 2.37. The number of benzene rings is 3. The number of furan rings is 1. The largest absolute Gasteiger partial charge is 0.507 e. The Morgan fingerprint density at radius 2 is 1.38 bits per heavy atom. The molecule has 0 atom stereocenters. The van der Waals surface area contributed by atoms with Gasteiger partial charge in [0.15, 0.2) is 5.78 Å². The third-order valence-electron chi connectivity index (χ3n) is 4.22. The normalized spacial score (nSPS) is 10.6. The molecule has 4 aromatic rings. The van der Waals surface area contributed by atoms with Crippen LogP contribution in [0, 0.1) is 0 Å². The van der Waals surface area contributed by atoms with Crippen LogP contribution >= 0.6 is 0 Å². The zero-order valence-corrected chi connectivity index (χ0v) is 13.9. The van der Waals surface area contributed by atoms with Gasteiger partial charge in [-0.1, -0.05) is 72.8 Å². The number of hydrogen-bond acceptors (Lipinski definition) is 3. The zero-order valence-electron chi connectivity index (χ0n) is 13.9. The molecule has 0 fully saturated rings. The lowest BCUT2D eigenvalue weighted by Crippen LogP contribution is -2.01. The number of para-hydroxylation sites is 1. The zero-order chi connectivity index (χ0) is 17.9. The van der Waals surface area contributed by atoms with E-state index in [1.165, 1.54) is 0 Å². The van der Waals surface area contributed by atoms with Gasteiger partial charge in [-0.05, 0) is 18.2 Å². The molecule has 0 bridgehead atoms. The van der Waals surface area contributed by atoms with Gasteiger partial charge in [0, 0.05) is 11.1 Å². The van der Waals surface area contributed by atoms with Crippen LogP contribution in [0.25, 0.3) is 22.6 Å². The Hall–Kier alpha value is -3.59. The molecule has 26 heavy (non-hydrogen) atoms. The second kappa shape index (κ2) is 6.73. The van der Waals surface area contributed by atoms with Gasteiger partial charge in [0.1, 0.15) is 17.3 Å². The fourth-order valence-corrected chi connectivity index (χ4v) is 2.92. The molecular formula is C23H16O3. The van der Waals surface area contributed by atoms with E-state index in [2.05, 4.69) is 0 Å². The molecule has 0 saturated carbocycles. The third-order valence-corrected chi connectivity index (χ3v) is 4.22. The fraction of sp³-hybridized carbons (Fsp3) is 0. The topological polar surface area (TPSA) is 50.4 Å². The van der Waals surface area contributed by atoms with Crippen LogP contribution in [0.4, 0.5) is 0 Å². The van der Waals surface area contributed by atoms with E-state index in [9.17, 15) is 9.90 Å². The first kappa shape index (κ1) is 15.9. The van der Waals surface area contributed by atoms with Crippen LogP contribution in [0.3, 0.4) is 0 Å². The molecule has 4 rings (SSSR count). The molecule has 3 heteroatoms. The van der Waals surface area contributed by atoms with E-state index < -0.39 is 0 Å². The van der Waals surface area contributed by atoms with Crippen molar-refractivity contribution in [1.29, 1.82) is 0 Å². The maximum atomic E-state index is 13.1. The van der Waals surface area contributed by atoms with E-state index in [0.29, 0.717) is 28.2 Å². The molecule has 0 aliphatic heterocycles. The van der Waals surface area contributed by atoms with Crippen molar-refractivity contribution in [2.45, 2.75) is 0 Å². The lowest BCUT2D eigenvalue weighted by molar-refractivity contribution is 0.103. The summed E-state index contributed by atoms with van der Waals surface area (Å²) in [6.07, 6.45) is 0. The number of rotatable bonds is 4. The Morgan fingerprint density at radius 3 is 2.08 bits per heavy atom. The van der Waals surface area contributed by atoms with Crippen molar-refractivity contribution in [2.24, 2.45) is 0 Å². The van der Waals surface area contributed by atoms with Gasteiger partial charge in [0.2, 0.25) is 0 Å². The first-order valence-electron chi connectivity index (χ1n) is 8.31. The summed E-state index contributed by atoms with van der Waals surface area (Å²) in [5.74, 6) is 0.886. The average molecular weight is 340 g/mol. The predicted molar refractivity (Wildman–Crippen MR) is 101 cm³/mol. The monoisotopic (exact) mass is 340 g/mol. The summed E-state index contributed by atoms with van der Waals surface area (Å²) < 4.78 is 6.03. The van der Waals surface area contributed by atoms with Crippen molar-refractivity contribution >= 4 is 5.78 Å². The van der Waals surface area contributed by atoms with Gasteiger partial charge in [0.25, 0.3) is 0 Å². The highest BCUT2D eigenvalue weighted by Gasteiger charge is 2.22. The van der Waals surface area contributed by atoms with E-state index in [4.69, 9.17) is 4.42 Å².